The molecule has 0 aromatic heterocycles. The van der Waals surface area contributed by atoms with Crippen LogP contribution in [0.4, 0.5) is 0 Å². The summed E-state index contributed by atoms with van der Waals surface area (Å²) in [7, 11) is 0. The maximum atomic E-state index is 11.7. The zero-order valence-electron chi connectivity index (χ0n) is 25.9. The summed E-state index contributed by atoms with van der Waals surface area (Å²) in [6, 6.07) is 4.73. The Morgan fingerprint density at radius 1 is 0.583 bits per heavy atom. The number of hydrogen-bond donors (Lipinski definition) is 1. The van der Waals surface area contributed by atoms with Gasteiger partial charge in [-0.15, -0.1) is 0 Å². The minimum absolute atomic E-state index is 0.000442. The molecule has 1 unspecified atom stereocenters. The first-order valence-corrected chi connectivity index (χ1v) is 16.0. The summed E-state index contributed by atoms with van der Waals surface area (Å²) in [5.41, 5.74) is 3.81. The van der Waals surface area contributed by atoms with E-state index in [-0.39, 0.29) is 10.8 Å². The molecule has 0 amide bonds. The molecule has 0 saturated heterocycles. The first kappa shape index (κ1) is 33.0. The molecule has 1 aromatic carbocycles. The Labute approximate surface area is 227 Å². The molecule has 0 aliphatic rings. The maximum absolute atomic E-state index is 11.7. The Bertz CT molecular complexity index is 648. The molecule has 210 valence electrons. The summed E-state index contributed by atoms with van der Waals surface area (Å²) >= 11 is 0. The fraction of sp³-hybridized carbons (Fsp3) is 0.829. The van der Waals surface area contributed by atoms with Crippen LogP contribution in [0.5, 0.6) is 5.75 Å². The molecule has 0 saturated carbocycles. The van der Waals surface area contributed by atoms with Crippen molar-refractivity contribution in [3.63, 3.8) is 0 Å². The van der Waals surface area contributed by atoms with Gasteiger partial charge in [-0.2, -0.15) is 0 Å². The predicted molar refractivity (Wildman–Crippen MR) is 163 cm³/mol. The maximum Gasteiger partial charge on any atom is 0.123 e. The lowest BCUT2D eigenvalue weighted by Crippen LogP contribution is -2.23. The fourth-order valence-corrected chi connectivity index (χ4v) is 5.89. The topological polar surface area (TPSA) is 20.2 Å². The van der Waals surface area contributed by atoms with Gasteiger partial charge in [-0.05, 0) is 41.6 Å². The predicted octanol–water partition coefficient (Wildman–Crippen LogP) is 12.1. The lowest BCUT2D eigenvalue weighted by atomic mass is 9.72. The van der Waals surface area contributed by atoms with Crippen molar-refractivity contribution in [2.45, 2.75) is 188 Å². The van der Waals surface area contributed by atoms with Gasteiger partial charge in [0.25, 0.3) is 0 Å². The molecular formula is C35H64O. The van der Waals surface area contributed by atoms with Crippen molar-refractivity contribution < 1.29 is 5.11 Å². The van der Waals surface area contributed by atoms with Crippen molar-refractivity contribution >= 4 is 0 Å². The second-order valence-corrected chi connectivity index (χ2v) is 13.2. The van der Waals surface area contributed by atoms with E-state index in [0.717, 1.165) is 12.8 Å². The summed E-state index contributed by atoms with van der Waals surface area (Å²) in [6.45, 7) is 18.7. The molecule has 1 nitrogen and oxygen atoms in total. The molecule has 0 heterocycles. The number of benzene rings is 1. The molecular weight excluding hydrogens is 436 g/mol. The fourth-order valence-electron chi connectivity index (χ4n) is 5.89. The minimum Gasteiger partial charge on any atom is -0.507 e. The van der Waals surface area contributed by atoms with Gasteiger partial charge in [0.1, 0.15) is 5.75 Å². The van der Waals surface area contributed by atoms with Crippen LogP contribution in [0, 0.1) is 0 Å². The molecule has 0 aliphatic carbocycles. The highest BCUT2D eigenvalue weighted by Crippen LogP contribution is 2.45. The lowest BCUT2D eigenvalue weighted by Gasteiger charge is -2.33. The average Bonchev–Trinajstić information content (AvgIpc) is 2.82. The Balaban J connectivity index is 3.00. The Morgan fingerprint density at radius 3 is 1.31 bits per heavy atom. The molecule has 0 aliphatic heterocycles. The number of aromatic hydroxyl groups is 1. The van der Waals surface area contributed by atoms with Gasteiger partial charge in [0.15, 0.2) is 0 Å². The molecule has 0 fully saturated rings. The van der Waals surface area contributed by atoms with Gasteiger partial charge in [0, 0.05) is 11.1 Å². The first-order chi connectivity index (χ1) is 17.1. The van der Waals surface area contributed by atoms with Gasteiger partial charge < -0.3 is 5.11 Å². The van der Waals surface area contributed by atoms with Crippen molar-refractivity contribution in [1.82, 2.24) is 0 Å². The van der Waals surface area contributed by atoms with Crippen LogP contribution in [0.2, 0.25) is 0 Å². The average molecular weight is 501 g/mol. The lowest BCUT2D eigenvalue weighted by molar-refractivity contribution is 0.377. The third-order valence-electron chi connectivity index (χ3n) is 8.69. The van der Waals surface area contributed by atoms with E-state index < -0.39 is 0 Å². The molecule has 0 bridgehead atoms. The largest absolute Gasteiger partial charge is 0.507 e. The van der Waals surface area contributed by atoms with Crippen LogP contribution in [-0.4, -0.2) is 5.11 Å². The molecule has 0 radical (unpaired) electrons. The zero-order valence-corrected chi connectivity index (χ0v) is 25.9. The summed E-state index contributed by atoms with van der Waals surface area (Å²) in [5.74, 6) is 1.13. The van der Waals surface area contributed by atoms with Crippen LogP contribution in [0.3, 0.4) is 0 Å². The summed E-state index contributed by atoms with van der Waals surface area (Å²) < 4.78 is 0. The van der Waals surface area contributed by atoms with Crippen LogP contribution >= 0.6 is 0 Å². The van der Waals surface area contributed by atoms with Gasteiger partial charge in [-0.1, -0.05) is 164 Å². The Kier molecular flexibility index (Phi) is 16.1. The van der Waals surface area contributed by atoms with E-state index in [4.69, 9.17) is 0 Å². The third-order valence-corrected chi connectivity index (χ3v) is 8.69. The van der Waals surface area contributed by atoms with E-state index in [1.54, 1.807) is 0 Å². The van der Waals surface area contributed by atoms with E-state index in [1.807, 2.05) is 0 Å². The second-order valence-electron chi connectivity index (χ2n) is 13.2. The highest BCUT2D eigenvalue weighted by Gasteiger charge is 2.31. The molecule has 1 aromatic rings. The summed E-state index contributed by atoms with van der Waals surface area (Å²) in [5, 5.41) is 11.7. The zero-order chi connectivity index (χ0) is 27.0. The van der Waals surface area contributed by atoms with Crippen molar-refractivity contribution in [3.05, 3.63) is 28.8 Å². The van der Waals surface area contributed by atoms with Gasteiger partial charge in [0.2, 0.25) is 0 Å². The van der Waals surface area contributed by atoms with E-state index in [1.165, 1.54) is 119 Å². The molecule has 1 N–H and O–H groups in total. The SMILES string of the molecule is CCCCCCCCCC(C)(C)c1cc(C(C)CCC)cc(C(C)(C)CCCCCCCCC)c1O. The van der Waals surface area contributed by atoms with E-state index in [0.29, 0.717) is 11.7 Å². The van der Waals surface area contributed by atoms with Crippen molar-refractivity contribution in [2.24, 2.45) is 0 Å². The molecule has 1 heteroatoms. The number of unbranched alkanes of at least 4 members (excludes halogenated alkanes) is 12. The highest BCUT2D eigenvalue weighted by molar-refractivity contribution is 5.51. The van der Waals surface area contributed by atoms with Crippen LogP contribution < -0.4 is 0 Å². The smallest absolute Gasteiger partial charge is 0.123 e. The molecule has 0 spiro atoms. The normalized spacial score (nSPS) is 13.3. The van der Waals surface area contributed by atoms with E-state index >= 15 is 0 Å². The van der Waals surface area contributed by atoms with Crippen LogP contribution in [0.15, 0.2) is 12.1 Å². The molecule has 1 rings (SSSR count). The summed E-state index contributed by atoms with van der Waals surface area (Å²) in [4.78, 5) is 0. The Morgan fingerprint density at radius 2 is 0.944 bits per heavy atom. The van der Waals surface area contributed by atoms with Crippen LogP contribution in [-0.2, 0) is 10.8 Å². The van der Waals surface area contributed by atoms with Crippen LogP contribution in [0.25, 0.3) is 0 Å². The third kappa shape index (κ3) is 11.6. The number of hydrogen-bond acceptors (Lipinski definition) is 1. The number of rotatable bonds is 21. The van der Waals surface area contributed by atoms with Gasteiger partial charge in [0.05, 0.1) is 0 Å². The summed E-state index contributed by atoms with van der Waals surface area (Å²) in [6.07, 6.45) is 23.5. The van der Waals surface area contributed by atoms with Gasteiger partial charge >= 0.3 is 0 Å². The second kappa shape index (κ2) is 17.5. The minimum atomic E-state index is -0.000442. The van der Waals surface area contributed by atoms with Crippen LogP contribution in [0.1, 0.15) is 194 Å². The van der Waals surface area contributed by atoms with Crippen molar-refractivity contribution in [2.75, 3.05) is 0 Å². The monoisotopic (exact) mass is 500 g/mol. The molecule has 1 atom stereocenters. The van der Waals surface area contributed by atoms with E-state index in [2.05, 4.69) is 67.5 Å². The Hall–Kier alpha value is -0.980. The highest BCUT2D eigenvalue weighted by atomic mass is 16.3. The first-order valence-electron chi connectivity index (χ1n) is 16.0. The number of phenolic OH excluding ortho intramolecular Hbond substituents is 1. The van der Waals surface area contributed by atoms with Gasteiger partial charge in [-0.3, -0.25) is 0 Å². The van der Waals surface area contributed by atoms with Crippen molar-refractivity contribution in [1.29, 1.82) is 0 Å². The van der Waals surface area contributed by atoms with E-state index in [9.17, 15) is 5.11 Å². The van der Waals surface area contributed by atoms with Gasteiger partial charge in [-0.25, -0.2) is 0 Å². The van der Waals surface area contributed by atoms with Crippen molar-refractivity contribution in [3.8, 4) is 5.75 Å². The standard InChI is InChI=1S/C35H64O/c1-9-12-14-16-18-20-22-25-34(5,6)31-27-30(29(4)24-11-3)28-32(33(31)36)35(7,8)26-23-21-19-17-15-13-10-2/h27-29,36H,9-26H2,1-8H3. The number of phenols is 1. The molecule has 36 heavy (non-hydrogen) atoms. The quantitative estimate of drug-likeness (QED) is 0.166.